The highest BCUT2D eigenvalue weighted by molar-refractivity contribution is 8.92. The molecule has 2 aliphatic rings. The molecular formula is C4S6. The van der Waals surface area contributed by atoms with Gasteiger partial charge in [0.2, 0.25) is 0 Å². The molecule has 0 saturated carbocycles. The molecule has 10 heavy (non-hydrogen) atoms. The first-order valence-corrected chi connectivity index (χ1v) is 7.42. The average Bonchev–Trinajstić information content (AvgIpc) is 1.93. The molecule has 0 unspecified atom stereocenters. The summed E-state index contributed by atoms with van der Waals surface area (Å²) in [5.74, 6) is 0. The predicted octanol–water partition coefficient (Wildman–Crippen LogP) is 3.64. The maximum absolute atomic E-state index is 5.04. The maximum Gasteiger partial charge on any atom is 0.0973 e. The summed E-state index contributed by atoms with van der Waals surface area (Å²) in [6.45, 7) is 0. The van der Waals surface area contributed by atoms with Crippen LogP contribution < -0.4 is 0 Å². The van der Waals surface area contributed by atoms with Gasteiger partial charge in [0.05, 0.1) is 18.2 Å². The smallest absolute Gasteiger partial charge is 0.0703 e. The van der Waals surface area contributed by atoms with Crippen molar-refractivity contribution in [3.05, 3.63) is 9.81 Å². The molecular weight excluding hydrogens is 240 g/mol. The number of hydrogen-bond donors (Lipinski definition) is 0. The van der Waals surface area contributed by atoms with Crippen molar-refractivity contribution in [3.8, 4) is 0 Å². The predicted molar refractivity (Wildman–Crippen MR) is 62.6 cm³/mol. The highest BCUT2D eigenvalue weighted by atomic mass is 33.1. The van der Waals surface area contributed by atoms with Crippen LogP contribution in [0.5, 0.6) is 0 Å². The zero-order valence-electron chi connectivity index (χ0n) is 4.45. The molecule has 0 radical (unpaired) electrons. The van der Waals surface area contributed by atoms with Gasteiger partial charge in [-0.15, -0.1) is 0 Å². The molecule has 0 bridgehead atoms. The van der Waals surface area contributed by atoms with Gasteiger partial charge in [-0.2, -0.15) is 0 Å². The molecule has 6 heteroatoms. The first kappa shape index (κ1) is 7.94. The maximum atomic E-state index is 5.04. The molecule has 52 valence electrons. The second-order valence-corrected chi connectivity index (χ2v) is 7.20. The summed E-state index contributed by atoms with van der Waals surface area (Å²) >= 11 is 10.1. The minimum Gasteiger partial charge on any atom is -0.0703 e. The number of rotatable bonds is 0. The van der Waals surface area contributed by atoms with Gasteiger partial charge in [0.15, 0.2) is 0 Å². The van der Waals surface area contributed by atoms with Crippen LogP contribution in [0, 0.1) is 0 Å². The Kier molecular flexibility index (Phi) is 2.37. The lowest BCUT2D eigenvalue weighted by atomic mass is 10.5. The molecule has 2 saturated heterocycles. The van der Waals surface area contributed by atoms with Crippen molar-refractivity contribution in [3.63, 3.8) is 0 Å². The minimum atomic E-state index is 1.01. The first-order chi connectivity index (χ1) is 4.79. The van der Waals surface area contributed by atoms with Crippen molar-refractivity contribution in [2.75, 3.05) is 0 Å². The van der Waals surface area contributed by atoms with E-state index >= 15 is 0 Å². The van der Waals surface area contributed by atoms with Gasteiger partial charge in [0.1, 0.15) is 0 Å². The van der Waals surface area contributed by atoms with Crippen LogP contribution in [-0.4, -0.2) is 8.39 Å². The number of thiocarbonyl (C=S) groups is 2. The van der Waals surface area contributed by atoms with Crippen molar-refractivity contribution < 1.29 is 0 Å². The molecule has 0 atom stereocenters. The fourth-order valence-electron chi connectivity index (χ4n) is 0.496. The van der Waals surface area contributed by atoms with Crippen LogP contribution in [0.15, 0.2) is 9.81 Å². The molecule has 0 spiro atoms. The SMILES string of the molecule is S=C1SS/C1=C1/SSC1=S. The summed E-state index contributed by atoms with van der Waals surface area (Å²) in [5, 5.41) is 0. The molecule has 2 aliphatic heterocycles. The number of hydrogen-bond acceptors (Lipinski definition) is 6. The van der Waals surface area contributed by atoms with Crippen LogP contribution in [0.4, 0.5) is 0 Å². The summed E-state index contributed by atoms with van der Waals surface area (Å²) in [4.78, 5) is 2.46. The van der Waals surface area contributed by atoms with Gasteiger partial charge in [-0.1, -0.05) is 24.4 Å². The molecule has 2 rings (SSSR count). The Morgan fingerprint density at radius 2 is 1.10 bits per heavy atom. The van der Waals surface area contributed by atoms with Gasteiger partial charge in [-0.25, -0.2) is 0 Å². The lowest BCUT2D eigenvalue weighted by molar-refractivity contribution is 2.19. The molecule has 2 heterocycles. The van der Waals surface area contributed by atoms with E-state index in [-0.39, 0.29) is 0 Å². The fourth-order valence-corrected chi connectivity index (χ4v) is 5.69. The summed E-state index contributed by atoms with van der Waals surface area (Å²) < 4.78 is 2.02. The molecule has 0 aromatic carbocycles. The Labute approximate surface area is 85.1 Å². The van der Waals surface area contributed by atoms with E-state index < -0.39 is 0 Å². The van der Waals surface area contributed by atoms with Crippen LogP contribution in [0.25, 0.3) is 0 Å². The molecule has 0 aromatic rings. The molecule has 0 nitrogen and oxygen atoms in total. The van der Waals surface area contributed by atoms with E-state index in [9.17, 15) is 0 Å². The third-order valence-electron chi connectivity index (χ3n) is 0.978. The zero-order chi connectivity index (χ0) is 7.14. The summed E-state index contributed by atoms with van der Waals surface area (Å²) in [6, 6.07) is 0. The highest BCUT2D eigenvalue weighted by Crippen LogP contribution is 2.58. The Bertz CT molecular complexity index is 224. The fraction of sp³-hybridized carbons (Fsp3) is 0. The monoisotopic (exact) mass is 240 g/mol. The Morgan fingerprint density at radius 1 is 0.700 bits per heavy atom. The first-order valence-electron chi connectivity index (χ1n) is 2.31. The van der Waals surface area contributed by atoms with Crippen molar-refractivity contribution in [2.45, 2.75) is 0 Å². The van der Waals surface area contributed by atoms with Gasteiger partial charge in [-0.05, 0) is 43.2 Å². The van der Waals surface area contributed by atoms with Crippen molar-refractivity contribution >= 4 is 76.0 Å². The van der Waals surface area contributed by atoms with E-state index in [1.807, 2.05) is 0 Å². The van der Waals surface area contributed by atoms with E-state index in [0.717, 1.165) is 8.39 Å². The minimum absolute atomic E-state index is 1.01. The molecule has 0 aromatic heterocycles. The van der Waals surface area contributed by atoms with Crippen LogP contribution in [-0.2, 0) is 0 Å². The van der Waals surface area contributed by atoms with E-state index in [1.54, 1.807) is 43.2 Å². The lowest BCUT2D eigenvalue weighted by Gasteiger charge is -2.25. The van der Waals surface area contributed by atoms with Crippen molar-refractivity contribution in [1.82, 2.24) is 0 Å². The Hall–Kier alpha value is 1.32. The zero-order valence-corrected chi connectivity index (χ0v) is 9.35. The van der Waals surface area contributed by atoms with Gasteiger partial charge in [0, 0.05) is 0 Å². The van der Waals surface area contributed by atoms with Crippen LogP contribution >= 0.6 is 67.6 Å². The van der Waals surface area contributed by atoms with Gasteiger partial charge in [0.25, 0.3) is 0 Å². The van der Waals surface area contributed by atoms with E-state index in [2.05, 4.69) is 0 Å². The van der Waals surface area contributed by atoms with Crippen LogP contribution in [0.1, 0.15) is 0 Å². The third-order valence-corrected chi connectivity index (χ3v) is 7.69. The quantitative estimate of drug-likeness (QED) is 0.357. The lowest BCUT2D eigenvalue weighted by Crippen LogP contribution is -2.08. The van der Waals surface area contributed by atoms with Crippen molar-refractivity contribution in [1.29, 1.82) is 0 Å². The summed E-state index contributed by atoms with van der Waals surface area (Å²) in [5.41, 5.74) is 0. The second-order valence-electron chi connectivity index (χ2n) is 1.57. The normalized spacial score (nSPS) is 31.6. The van der Waals surface area contributed by atoms with Gasteiger partial charge >= 0.3 is 0 Å². The third kappa shape index (κ3) is 1.19. The molecule has 0 N–H and O–H groups in total. The Morgan fingerprint density at radius 3 is 1.20 bits per heavy atom. The van der Waals surface area contributed by atoms with Gasteiger partial charge < -0.3 is 0 Å². The largest absolute Gasteiger partial charge is 0.0973 e. The van der Waals surface area contributed by atoms with Gasteiger partial charge in [-0.3, -0.25) is 0 Å². The highest BCUT2D eigenvalue weighted by Gasteiger charge is 2.31. The van der Waals surface area contributed by atoms with Crippen LogP contribution in [0.3, 0.4) is 0 Å². The van der Waals surface area contributed by atoms with Crippen molar-refractivity contribution in [2.24, 2.45) is 0 Å². The molecule has 0 amide bonds. The topological polar surface area (TPSA) is 0 Å². The van der Waals surface area contributed by atoms with E-state index in [1.165, 1.54) is 9.81 Å². The van der Waals surface area contributed by atoms with E-state index in [4.69, 9.17) is 24.4 Å². The Balaban J connectivity index is 2.28. The second kappa shape index (κ2) is 2.99. The summed E-state index contributed by atoms with van der Waals surface area (Å²) in [6.07, 6.45) is 0. The summed E-state index contributed by atoms with van der Waals surface area (Å²) in [7, 11) is 6.78. The standard InChI is InChI=1S/C4S6/c5-3-1(7-9-3)2-4(6)10-8-2/b2-1+. The van der Waals surface area contributed by atoms with E-state index in [0.29, 0.717) is 0 Å². The molecule has 2 fully saturated rings. The molecule has 0 aliphatic carbocycles. The average molecular weight is 240 g/mol. The van der Waals surface area contributed by atoms with Crippen LogP contribution in [0.2, 0.25) is 0 Å².